The van der Waals surface area contributed by atoms with Crippen LogP contribution in [0.25, 0.3) is 0 Å². The number of hydrogen-bond acceptors (Lipinski definition) is 2. The topological polar surface area (TPSA) is 78.4 Å². The van der Waals surface area contributed by atoms with Gasteiger partial charge in [-0.25, -0.2) is 4.79 Å². The molecule has 3 N–H and O–H groups in total. The molecular weight excluding hydrogens is 370 g/mol. The Balaban J connectivity index is 2.38. The van der Waals surface area contributed by atoms with E-state index in [4.69, 9.17) is 16.7 Å². The number of benzene rings is 1. The summed E-state index contributed by atoms with van der Waals surface area (Å²) in [6, 6.07) is 4.77. The Morgan fingerprint density at radius 2 is 2.11 bits per heavy atom. The molecule has 18 heavy (non-hydrogen) atoms. The first-order chi connectivity index (χ1) is 8.49. The molecule has 0 aliphatic carbocycles. The van der Waals surface area contributed by atoms with Crippen molar-refractivity contribution >= 4 is 51.9 Å². The maximum Gasteiger partial charge on any atom is 0.319 e. The quantitative estimate of drug-likeness (QED) is 0.541. The van der Waals surface area contributed by atoms with Crippen LogP contribution < -0.4 is 10.6 Å². The van der Waals surface area contributed by atoms with Crippen molar-refractivity contribution in [2.24, 2.45) is 0 Å². The van der Waals surface area contributed by atoms with E-state index in [0.29, 0.717) is 23.7 Å². The number of nitrogens with one attached hydrogen (secondary N) is 2. The number of carboxylic acids is 1. The largest absolute Gasteiger partial charge is 0.481 e. The highest BCUT2D eigenvalue weighted by Gasteiger charge is 2.05. The van der Waals surface area contributed by atoms with E-state index in [1.807, 2.05) is 0 Å². The summed E-state index contributed by atoms with van der Waals surface area (Å²) in [7, 11) is 0. The molecule has 0 fully saturated rings. The average Bonchev–Trinajstić information content (AvgIpc) is 2.28. The number of urea groups is 1. The molecule has 1 aromatic rings. The summed E-state index contributed by atoms with van der Waals surface area (Å²) in [6.45, 7) is 0.322. The van der Waals surface area contributed by atoms with E-state index in [1.165, 1.54) is 0 Å². The standard InChI is InChI=1S/C11H12ClIN2O3/c12-7-3-4-9(8(13)6-7)15-11(18)14-5-1-2-10(16)17/h3-4,6H,1-2,5H2,(H,16,17)(H2,14,15,18). The molecule has 1 aromatic carbocycles. The van der Waals surface area contributed by atoms with Crippen LogP contribution >= 0.6 is 34.2 Å². The van der Waals surface area contributed by atoms with Crippen LogP contribution in [0, 0.1) is 3.57 Å². The second-order valence-corrected chi connectivity index (χ2v) is 5.10. The molecule has 7 heteroatoms. The molecule has 0 aliphatic rings. The van der Waals surface area contributed by atoms with Gasteiger partial charge in [0.05, 0.1) is 5.69 Å². The number of rotatable bonds is 5. The summed E-state index contributed by atoms with van der Waals surface area (Å²) in [6.07, 6.45) is 0.444. The van der Waals surface area contributed by atoms with Gasteiger partial charge in [-0.15, -0.1) is 0 Å². The Kier molecular flexibility index (Phi) is 6.20. The van der Waals surface area contributed by atoms with Gasteiger partial charge in [-0.1, -0.05) is 11.6 Å². The molecule has 5 nitrogen and oxygen atoms in total. The van der Waals surface area contributed by atoms with Gasteiger partial charge in [0.2, 0.25) is 0 Å². The van der Waals surface area contributed by atoms with Crippen LogP contribution in [0.1, 0.15) is 12.8 Å². The summed E-state index contributed by atoms with van der Waals surface area (Å²) in [4.78, 5) is 21.8. The summed E-state index contributed by atoms with van der Waals surface area (Å²) in [5.74, 6) is -0.871. The molecule has 0 aliphatic heterocycles. The zero-order chi connectivity index (χ0) is 13.5. The maximum absolute atomic E-state index is 11.5. The van der Waals surface area contributed by atoms with E-state index in [2.05, 4.69) is 33.2 Å². The van der Waals surface area contributed by atoms with Crippen LogP contribution in [0.2, 0.25) is 5.02 Å². The van der Waals surface area contributed by atoms with E-state index >= 15 is 0 Å². The summed E-state index contributed by atoms with van der Waals surface area (Å²) in [5.41, 5.74) is 0.663. The minimum atomic E-state index is -0.871. The van der Waals surface area contributed by atoms with Crippen molar-refractivity contribution in [1.29, 1.82) is 0 Å². The van der Waals surface area contributed by atoms with Crippen LogP contribution in [0.3, 0.4) is 0 Å². The molecule has 98 valence electrons. The molecule has 0 unspecified atom stereocenters. The lowest BCUT2D eigenvalue weighted by Gasteiger charge is -2.08. The molecule has 0 heterocycles. The minimum absolute atomic E-state index is 0.0404. The molecule has 0 saturated heterocycles. The Labute approximate surface area is 123 Å². The molecule has 1 rings (SSSR count). The van der Waals surface area contributed by atoms with E-state index in [-0.39, 0.29) is 12.5 Å². The lowest BCUT2D eigenvalue weighted by atomic mass is 10.3. The summed E-state index contributed by atoms with van der Waals surface area (Å²) in [5, 5.41) is 14.3. The number of aliphatic carboxylic acids is 1. The SMILES string of the molecule is O=C(O)CCCNC(=O)Nc1ccc(Cl)cc1I. The predicted molar refractivity (Wildman–Crippen MR) is 78.1 cm³/mol. The van der Waals surface area contributed by atoms with Crippen LogP contribution in [-0.2, 0) is 4.79 Å². The monoisotopic (exact) mass is 382 g/mol. The Hall–Kier alpha value is -1.02. The van der Waals surface area contributed by atoms with Gasteiger partial charge in [0.1, 0.15) is 0 Å². The number of carbonyl (C=O) groups excluding carboxylic acids is 1. The fraction of sp³-hybridized carbons (Fsp3) is 0.273. The van der Waals surface area contributed by atoms with E-state index < -0.39 is 5.97 Å². The van der Waals surface area contributed by atoms with E-state index in [9.17, 15) is 9.59 Å². The highest BCUT2D eigenvalue weighted by molar-refractivity contribution is 14.1. The van der Waals surface area contributed by atoms with Gasteiger partial charge in [-0.2, -0.15) is 0 Å². The van der Waals surface area contributed by atoms with Crippen molar-refractivity contribution in [3.8, 4) is 0 Å². The molecule has 0 aromatic heterocycles. The average molecular weight is 383 g/mol. The van der Waals surface area contributed by atoms with E-state index in [1.54, 1.807) is 18.2 Å². The number of carboxylic acid groups (broad SMARTS) is 1. The maximum atomic E-state index is 11.5. The normalized spacial score (nSPS) is 9.89. The lowest BCUT2D eigenvalue weighted by Crippen LogP contribution is -2.30. The third-order valence-electron chi connectivity index (χ3n) is 2.03. The van der Waals surface area contributed by atoms with Crippen molar-refractivity contribution < 1.29 is 14.7 Å². The molecule has 0 bridgehead atoms. The third kappa shape index (κ3) is 5.54. The fourth-order valence-electron chi connectivity index (χ4n) is 1.20. The fourth-order valence-corrected chi connectivity index (χ4v) is 2.21. The van der Waals surface area contributed by atoms with Gasteiger partial charge in [0, 0.05) is 21.6 Å². The molecule has 0 saturated carbocycles. The number of anilines is 1. The Morgan fingerprint density at radius 3 is 2.72 bits per heavy atom. The van der Waals surface area contributed by atoms with Crippen molar-refractivity contribution in [2.75, 3.05) is 11.9 Å². The van der Waals surface area contributed by atoms with Crippen LogP contribution in [0.4, 0.5) is 10.5 Å². The first kappa shape index (κ1) is 15.0. The van der Waals surface area contributed by atoms with Crippen molar-refractivity contribution in [3.05, 3.63) is 26.8 Å². The van der Waals surface area contributed by atoms with Gasteiger partial charge >= 0.3 is 12.0 Å². The van der Waals surface area contributed by atoms with Gasteiger partial charge < -0.3 is 15.7 Å². The van der Waals surface area contributed by atoms with Crippen LogP contribution in [0.15, 0.2) is 18.2 Å². The minimum Gasteiger partial charge on any atom is -0.481 e. The van der Waals surface area contributed by atoms with Crippen molar-refractivity contribution in [3.63, 3.8) is 0 Å². The van der Waals surface area contributed by atoms with Gasteiger partial charge in [0.25, 0.3) is 0 Å². The molecule has 0 radical (unpaired) electrons. The smallest absolute Gasteiger partial charge is 0.319 e. The zero-order valence-corrected chi connectivity index (χ0v) is 12.3. The molecular formula is C11H12ClIN2O3. The third-order valence-corrected chi connectivity index (χ3v) is 3.16. The van der Waals surface area contributed by atoms with Crippen LogP contribution in [0.5, 0.6) is 0 Å². The summed E-state index contributed by atoms with van der Waals surface area (Å²) < 4.78 is 0.834. The highest BCUT2D eigenvalue weighted by atomic mass is 127. The summed E-state index contributed by atoms with van der Waals surface area (Å²) >= 11 is 7.87. The van der Waals surface area contributed by atoms with Crippen molar-refractivity contribution in [2.45, 2.75) is 12.8 Å². The molecule has 0 spiro atoms. The number of carbonyl (C=O) groups is 2. The second kappa shape index (κ2) is 7.42. The first-order valence-electron chi connectivity index (χ1n) is 5.20. The number of amides is 2. The van der Waals surface area contributed by atoms with Gasteiger partial charge in [-0.3, -0.25) is 4.79 Å². The van der Waals surface area contributed by atoms with E-state index in [0.717, 1.165) is 3.57 Å². The number of halogens is 2. The van der Waals surface area contributed by atoms with Gasteiger partial charge in [-0.05, 0) is 47.2 Å². The van der Waals surface area contributed by atoms with Crippen molar-refractivity contribution in [1.82, 2.24) is 5.32 Å². The Morgan fingerprint density at radius 1 is 1.39 bits per heavy atom. The highest BCUT2D eigenvalue weighted by Crippen LogP contribution is 2.21. The first-order valence-corrected chi connectivity index (χ1v) is 6.66. The molecule has 2 amide bonds. The Bertz CT molecular complexity index is 454. The van der Waals surface area contributed by atoms with Crippen LogP contribution in [-0.4, -0.2) is 23.7 Å². The number of hydrogen-bond donors (Lipinski definition) is 3. The lowest BCUT2D eigenvalue weighted by molar-refractivity contribution is -0.137. The predicted octanol–water partition coefficient (Wildman–Crippen LogP) is 2.93. The second-order valence-electron chi connectivity index (χ2n) is 3.50. The zero-order valence-electron chi connectivity index (χ0n) is 9.37. The van der Waals surface area contributed by atoms with Gasteiger partial charge in [0.15, 0.2) is 0 Å². The molecule has 0 atom stereocenters.